The van der Waals surface area contributed by atoms with Crippen molar-refractivity contribution in [2.24, 2.45) is 5.92 Å². The summed E-state index contributed by atoms with van der Waals surface area (Å²) >= 11 is 0. The van der Waals surface area contributed by atoms with Gasteiger partial charge >= 0.3 is 5.97 Å². The van der Waals surface area contributed by atoms with Gasteiger partial charge in [0.2, 0.25) is 10.0 Å². The number of benzene rings is 1. The van der Waals surface area contributed by atoms with Gasteiger partial charge < -0.3 is 9.84 Å². The molecule has 0 fully saturated rings. The number of nitrogens with one attached hydrogen (secondary N) is 1. The second-order valence-electron chi connectivity index (χ2n) is 5.21. The minimum absolute atomic E-state index is 0.0585. The van der Waals surface area contributed by atoms with E-state index in [2.05, 4.69) is 4.72 Å². The molecular formula is C15H23NO5S. The van der Waals surface area contributed by atoms with Gasteiger partial charge in [-0.25, -0.2) is 8.42 Å². The smallest absolute Gasteiger partial charge is 0.322 e. The molecule has 1 aromatic carbocycles. The van der Waals surface area contributed by atoms with Crippen molar-refractivity contribution in [1.82, 2.24) is 4.72 Å². The first kappa shape index (κ1) is 18.6. The summed E-state index contributed by atoms with van der Waals surface area (Å²) in [4.78, 5) is 11.3. The maximum absolute atomic E-state index is 12.3. The molecule has 0 amide bonds. The predicted octanol–water partition coefficient (Wildman–Crippen LogP) is 1.65. The van der Waals surface area contributed by atoms with Gasteiger partial charge in [-0.15, -0.1) is 0 Å². The molecule has 2 atom stereocenters. The van der Waals surface area contributed by atoms with Crippen molar-refractivity contribution in [1.29, 1.82) is 0 Å². The van der Waals surface area contributed by atoms with Crippen LogP contribution in [0.3, 0.4) is 0 Å². The predicted molar refractivity (Wildman–Crippen MR) is 83.2 cm³/mol. The lowest BCUT2D eigenvalue weighted by molar-refractivity contribution is -0.140. The Morgan fingerprint density at radius 2 is 1.91 bits per heavy atom. The molecule has 0 aliphatic heterocycles. The number of hydrogen-bond acceptors (Lipinski definition) is 4. The van der Waals surface area contributed by atoms with Gasteiger partial charge in [-0.2, -0.15) is 4.72 Å². The maximum atomic E-state index is 12.3. The third-order valence-corrected chi connectivity index (χ3v) is 5.05. The van der Waals surface area contributed by atoms with Gasteiger partial charge in [-0.1, -0.05) is 32.4 Å². The second-order valence-corrected chi connectivity index (χ2v) is 6.92. The van der Waals surface area contributed by atoms with E-state index in [1.165, 1.54) is 12.1 Å². The third-order valence-electron chi connectivity index (χ3n) is 3.59. The van der Waals surface area contributed by atoms with Gasteiger partial charge in [-0.3, -0.25) is 4.79 Å². The van der Waals surface area contributed by atoms with Crippen LogP contribution in [0.25, 0.3) is 0 Å². The average Bonchev–Trinajstić information content (AvgIpc) is 2.50. The van der Waals surface area contributed by atoms with E-state index in [9.17, 15) is 18.3 Å². The highest BCUT2D eigenvalue weighted by molar-refractivity contribution is 7.89. The average molecular weight is 329 g/mol. The third kappa shape index (κ3) is 5.08. The Morgan fingerprint density at radius 3 is 2.36 bits per heavy atom. The van der Waals surface area contributed by atoms with Crippen LogP contribution in [0.2, 0.25) is 0 Å². The fourth-order valence-electron chi connectivity index (χ4n) is 1.94. The van der Waals surface area contributed by atoms with Crippen LogP contribution in [-0.2, 0) is 26.0 Å². The number of ether oxygens (including phenoxy) is 1. The Morgan fingerprint density at radius 1 is 1.32 bits per heavy atom. The Labute approximate surface area is 131 Å². The highest BCUT2D eigenvalue weighted by Gasteiger charge is 2.29. The van der Waals surface area contributed by atoms with Gasteiger partial charge in [0.1, 0.15) is 6.04 Å². The van der Waals surface area contributed by atoms with Crippen LogP contribution in [0, 0.1) is 5.92 Å². The van der Waals surface area contributed by atoms with E-state index in [4.69, 9.17) is 4.74 Å². The number of sulfonamides is 1. The van der Waals surface area contributed by atoms with E-state index < -0.39 is 22.0 Å². The summed E-state index contributed by atoms with van der Waals surface area (Å²) in [5.41, 5.74) is 0.956. The molecule has 0 aromatic heterocycles. The monoisotopic (exact) mass is 329 g/mol. The molecule has 124 valence electrons. The summed E-state index contributed by atoms with van der Waals surface area (Å²) in [6.07, 6.45) is 1.25. The molecule has 0 aliphatic carbocycles. The number of methoxy groups -OCH3 is 1. The van der Waals surface area contributed by atoms with Crippen LogP contribution < -0.4 is 4.72 Å². The van der Waals surface area contributed by atoms with Crippen molar-refractivity contribution < 1.29 is 23.1 Å². The molecule has 0 unspecified atom stereocenters. The SMILES string of the molecule is CC[C@H](C)[C@H](NS(=O)(=O)c1ccc(CCOC)cc1)C(=O)O. The summed E-state index contributed by atoms with van der Waals surface area (Å²) in [5, 5.41) is 9.19. The lowest BCUT2D eigenvalue weighted by atomic mass is 10.0. The normalized spacial score (nSPS) is 14.5. The van der Waals surface area contributed by atoms with Crippen LogP contribution in [0.15, 0.2) is 29.2 Å². The first-order chi connectivity index (χ1) is 10.3. The van der Waals surface area contributed by atoms with Crippen LogP contribution in [0.4, 0.5) is 0 Å². The second kappa shape index (κ2) is 8.26. The Kier molecular flexibility index (Phi) is 6.99. The van der Waals surface area contributed by atoms with Crippen LogP contribution >= 0.6 is 0 Å². The first-order valence-electron chi connectivity index (χ1n) is 7.14. The van der Waals surface area contributed by atoms with E-state index >= 15 is 0 Å². The van der Waals surface area contributed by atoms with Gasteiger partial charge in [0, 0.05) is 7.11 Å². The van der Waals surface area contributed by atoms with Gasteiger partial charge in [0.25, 0.3) is 0 Å². The summed E-state index contributed by atoms with van der Waals surface area (Å²) < 4.78 is 31.8. The fraction of sp³-hybridized carbons (Fsp3) is 0.533. The quantitative estimate of drug-likeness (QED) is 0.718. The molecule has 22 heavy (non-hydrogen) atoms. The van der Waals surface area contributed by atoms with E-state index in [-0.39, 0.29) is 10.8 Å². The Hall–Kier alpha value is -1.44. The van der Waals surface area contributed by atoms with Crippen molar-refractivity contribution in [3.63, 3.8) is 0 Å². The number of carboxylic acid groups (broad SMARTS) is 1. The first-order valence-corrected chi connectivity index (χ1v) is 8.63. The van der Waals surface area contributed by atoms with Crippen molar-refractivity contribution in [2.45, 2.75) is 37.6 Å². The molecule has 7 heteroatoms. The number of carbonyl (C=O) groups is 1. The number of aliphatic carboxylic acids is 1. The molecular weight excluding hydrogens is 306 g/mol. The molecule has 6 nitrogen and oxygen atoms in total. The molecule has 1 rings (SSSR count). The van der Waals surface area contributed by atoms with Crippen molar-refractivity contribution in [3.05, 3.63) is 29.8 Å². The largest absolute Gasteiger partial charge is 0.480 e. The number of rotatable bonds is 9. The van der Waals surface area contributed by atoms with Crippen LogP contribution in [-0.4, -0.2) is 39.3 Å². The summed E-state index contributed by atoms with van der Waals surface area (Å²) in [7, 11) is -2.26. The molecule has 0 spiro atoms. The zero-order valence-electron chi connectivity index (χ0n) is 13.1. The van der Waals surface area contributed by atoms with Gasteiger partial charge in [0.15, 0.2) is 0 Å². The zero-order valence-corrected chi connectivity index (χ0v) is 13.9. The van der Waals surface area contributed by atoms with Gasteiger partial charge in [-0.05, 0) is 30.0 Å². The molecule has 0 saturated heterocycles. The molecule has 0 radical (unpaired) electrons. The van der Waals surface area contributed by atoms with Gasteiger partial charge in [0.05, 0.1) is 11.5 Å². The standard InChI is InChI=1S/C15H23NO5S/c1-4-11(2)14(15(17)18)16-22(19,20)13-7-5-12(6-8-13)9-10-21-3/h5-8,11,14,16H,4,9-10H2,1-3H3,(H,17,18)/t11-,14-/m0/s1. The van der Waals surface area contributed by atoms with Crippen molar-refractivity contribution in [3.8, 4) is 0 Å². The highest BCUT2D eigenvalue weighted by atomic mass is 32.2. The van der Waals surface area contributed by atoms with E-state index in [1.54, 1.807) is 26.2 Å². The summed E-state index contributed by atoms with van der Waals surface area (Å²) in [5.74, 6) is -1.47. The van der Waals surface area contributed by atoms with Crippen LogP contribution in [0.5, 0.6) is 0 Å². The Balaban J connectivity index is 2.91. The molecule has 1 aromatic rings. The topological polar surface area (TPSA) is 92.7 Å². The van der Waals surface area contributed by atoms with Crippen molar-refractivity contribution >= 4 is 16.0 Å². The minimum atomic E-state index is -3.86. The Bertz CT molecular complexity index is 582. The zero-order chi connectivity index (χ0) is 16.8. The lowest BCUT2D eigenvalue weighted by Gasteiger charge is -2.20. The fourth-order valence-corrected chi connectivity index (χ4v) is 3.23. The number of carboxylic acids is 1. The lowest BCUT2D eigenvalue weighted by Crippen LogP contribution is -2.44. The minimum Gasteiger partial charge on any atom is -0.480 e. The molecule has 0 aliphatic rings. The highest BCUT2D eigenvalue weighted by Crippen LogP contribution is 2.15. The number of hydrogen-bond donors (Lipinski definition) is 2. The molecule has 2 N–H and O–H groups in total. The van der Waals surface area contributed by atoms with Crippen LogP contribution in [0.1, 0.15) is 25.8 Å². The molecule has 0 bridgehead atoms. The maximum Gasteiger partial charge on any atom is 0.322 e. The van der Waals surface area contributed by atoms with Crippen molar-refractivity contribution in [2.75, 3.05) is 13.7 Å². The molecule has 0 saturated carbocycles. The summed E-state index contributed by atoms with van der Waals surface area (Å²) in [6, 6.07) is 5.22. The van der Waals surface area contributed by atoms with E-state index in [0.29, 0.717) is 19.4 Å². The summed E-state index contributed by atoms with van der Waals surface area (Å²) in [6.45, 7) is 4.08. The van der Waals surface area contributed by atoms with E-state index in [1.807, 2.05) is 6.92 Å². The molecule has 0 heterocycles. The van der Waals surface area contributed by atoms with E-state index in [0.717, 1.165) is 5.56 Å².